The number of rotatable bonds is 53. The lowest BCUT2D eigenvalue weighted by molar-refractivity contribution is -0.142. The Balaban J connectivity index is 0.650. The number of aliphatic hydroxyl groups is 1. The van der Waals surface area contributed by atoms with E-state index in [1.54, 1.807) is 67.6 Å². The number of hydrogen-bond donors (Lipinski definition) is 7. The first-order chi connectivity index (χ1) is 55.9. The van der Waals surface area contributed by atoms with Crippen LogP contribution < -0.4 is 50.4 Å². The maximum absolute atomic E-state index is 14.3. The second kappa shape index (κ2) is 47.6. The number of benzene rings is 3. The van der Waals surface area contributed by atoms with Crippen molar-refractivity contribution in [1.29, 1.82) is 0 Å². The molecule has 3 aromatic carbocycles. The van der Waals surface area contributed by atoms with E-state index in [1.165, 1.54) is 50.3 Å². The molecule has 0 bridgehead atoms. The van der Waals surface area contributed by atoms with Gasteiger partial charge in [-0.05, 0) is 95.0 Å². The molecule has 0 aromatic heterocycles. The number of fused-ring (bicyclic) bond motifs is 4. The van der Waals surface area contributed by atoms with E-state index in [4.69, 9.17) is 61.6 Å². The maximum Gasteiger partial charge on any atom is 0.416 e. The molecule has 0 saturated heterocycles. The zero-order valence-electron chi connectivity index (χ0n) is 66.7. The van der Waals surface area contributed by atoms with E-state index in [2.05, 4.69) is 31.6 Å². The number of carboxylic acid groups (broad SMARTS) is 1. The second-order valence-electron chi connectivity index (χ2n) is 27.9. The van der Waals surface area contributed by atoms with Crippen LogP contribution in [0.1, 0.15) is 119 Å². The van der Waals surface area contributed by atoms with Gasteiger partial charge in [0.15, 0.2) is 29.2 Å². The van der Waals surface area contributed by atoms with Gasteiger partial charge in [-0.3, -0.25) is 53.0 Å². The normalized spacial score (nSPS) is 16.8. The minimum atomic E-state index is -1.56. The Morgan fingerprint density at radius 2 is 1.09 bits per heavy atom. The molecule has 0 radical (unpaired) electrons. The van der Waals surface area contributed by atoms with Gasteiger partial charge in [-0.1, -0.05) is 37.1 Å². The largest absolute Gasteiger partial charge is 0.493 e. The van der Waals surface area contributed by atoms with Crippen molar-refractivity contribution in [2.75, 3.05) is 156 Å². The highest BCUT2D eigenvalue weighted by atomic mass is 16.6. The average Bonchev–Trinajstić information content (AvgIpc) is 1.59. The third kappa shape index (κ3) is 28.2. The molecule has 0 fully saturated rings. The number of hydrogen-bond acceptors (Lipinski definition) is 26. The molecule has 634 valence electrons. The quantitative estimate of drug-likeness (QED) is 0.0299. The molecular formula is C80H108N10O26. The third-order valence-corrected chi connectivity index (χ3v) is 18.7. The molecular weight excluding hydrogens is 1520 g/mol. The van der Waals surface area contributed by atoms with Gasteiger partial charge in [-0.2, -0.15) is 0 Å². The summed E-state index contributed by atoms with van der Waals surface area (Å²) in [4.78, 5) is 152. The fraction of sp³-hybridized carbons (Fsp3) is 0.550. The van der Waals surface area contributed by atoms with Crippen LogP contribution in [-0.2, 0) is 87.6 Å². The van der Waals surface area contributed by atoms with Crippen LogP contribution in [0, 0.1) is 5.92 Å². The Hall–Kier alpha value is -10.4. The summed E-state index contributed by atoms with van der Waals surface area (Å²) in [5.41, 5.74) is 3.72. The van der Waals surface area contributed by atoms with Gasteiger partial charge in [0, 0.05) is 80.9 Å². The summed E-state index contributed by atoms with van der Waals surface area (Å²) in [6.45, 7) is 14.1. The predicted octanol–water partition coefficient (Wildman–Crippen LogP) is 4.65. The van der Waals surface area contributed by atoms with Crippen LogP contribution in [0.3, 0.4) is 0 Å². The minimum Gasteiger partial charge on any atom is -0.493 e. The highest BCUT2D eigenvalue weighted by Gasteiger charge is 2.45. The van der Waals surface area contributed by atoms with Gasteiger partial charge < -0.3 is 108 Å². The lowest BCUT2D eigenvalue weighted by Crippen LogP contribution is -2.53. The van der Waals surface area contributed by atoms with Crippen LogP contribution in [0.4, 0.5) is 21.9 Å². The second-order valence-corrected chi connectivity index (χ2v) is 27.9. The van der Waals surface area contributed by atoms with E-state index < -0.39 is 89.7 Å². The molecule has 0 aliphatic carbocycles. The molecule has 10 amide bonds. The zero-order valence-corrected chi connectivity index (χ0v) is 66.7. The number of carboxylic acids is 1. The number of imide groups is 1. The van der Waals surface area contributed by atoms with Crippen molar-refractivity contribution in [3.8, 4) is 23.0 Å². The number of nitrogens with zero attached hydrogens (tertiary/aromatic N) is 5. The van der Waals surface area contributed by atoms with Crippen molar-refractivity contribution in [2.24, 2.45) is 10.9 Å². The highest BCUT2D eigenvalue weighted by molar-refractivity contribution is 6.13. The number of nitrogens with one attached hydrogen (secondary N) is 5. The lowest BCUT2D eigenvalue weighted by Gasteiger charge is -2.31. The van der Waals surface area contributed by atoms with Crippen molar-refractivity contribution in [1.82, 2.24) is 36.0 Å². The third-order valence-electron chi connectivity index (χ3n) is 18.7. The topological polar surface area (TPSA) is 434 Å². The number of amides is 10. The van der Waals surface area contributed by atoms with E-state index in [1.807, 2.05) is 20.0 Å². The van der Waals surface area contributed by atoms with Crippen LogP contribution >= 0.6 is 0 Å². The first kappa shape index (κ1) is 91.1. The van der Waals surface area contributed by atoms with E-state index in [0.29, 0.717) is 139 Å². The fourth-order valence-electron chi connectivity index (χ4n) is 12.5. The van der Waals surface area contributed by atoms with Crippen molar-refractivity contribution in [3.63, 3.8) is 0 Å². The SMILES string of the molecule is COc1cc2c(cc1OCCCCCOc1cc3c(cc1OC)C(=O)N1C=C(C)C[C@H]1[C@H](O)N3C(=O)OCc1ccc(NC(=O)[C@H](C)NC(=O)[C@@H](NC(=O)CC[C@H](NC(=O)CCOCCOCCOCCOCCOCCOCCOCCOCCNC(=O)CCN3C(=O)C=CC3=O)C(=O)O)C(C)C)cc1)N=CC1CC(C)=CN1C2=O. The number of aliphatic carboxylic acids is 1. The highest BCUT2D eigenvalue weighted by Crippen LogP contribution is 2.43. The fourth-order valence-corrected chi connectivity index (χ4v) is 12.5. The Morgan fingerprint density at radius 1 is 0.560 bits per heavy atom. The van der Waals surface area contributed by atoms with Crippen molar-refractivity contribution < 1.29 is 125 Å². The Kier molecular flexibility index (Phi) is 37.3. The number of carbonyl (C=O) groups excluding carboxylic acids is 10. The summed E-state index contributed by atoms with van der Waals surface area (Å²) in [7, 11) is 2.94. The van der Waals surface area contributed by atoms with Gasteiger partial charge in [0.25, 0.3) is 23.6 Å². The number of anilines is 2. The standard InChI is InChI=1S/C80H108N10O26/c1-51(2)73(86-69(92)16-15-60(79(101)102)85-70(93)20-25-106-27-29-108-31-33-110-35-37-112-39-40-113-38-36-111-34-32-109-30-28-107-26-21-81-68(91)19-22-87-71(94)17-18-72(87)95)75(97)83-54(5)74(96)84-56-13-11-55(12-14-56)50-116-80(103)90-62-46-67(65(105-7)44-59(62)77(99)89-49-53(4)42-63(89)78(90)100)115-24-10-8-9-23-114-66-45-61-58(43-64(66)104-6)76(98)88-48-52(3)41-57(88)47-82-61/h11-14,17-18,43-49,51,54,57,60,63,73,78,100H,8-10,15-16,19-42,50H2,1-7H3,(H,81,91)(H,83,97)(H,84,96)(H,85,93)(H,86,92)(H,101,102)/t54-,57?,60-,63-,73-,78-/m0/s1. The minimum absolute atomic E-state index is 0.0158. The smallest absolute Gasteiger partial charge is 0.416 e. The summed E-state index contributed by atoms with van der Waals surface area (Å²) in [5, 5.41) is 34.9. The molecule has 1 unspecified atom stereocenters. The molecule has 7 N–H and O–H groups in total. The number of ether oxygens (including phenoxy) is 13. The molecule has 0 spiro atoms. The number of aliphatic imine (C=N–C) groups is 1. The van der Waals surface area contributed by atoms with Crippen LogP contribution in [0.5, 0.6) is 23.0 Å². The Bertz CT molecular complexity index is 3970. The maximum atomic E-state index is 14.3. The van der Waals surface area contributed by atoms with Gasteiger partial charge in [0.2, 0.25) is 29.5 Å². The van der Waals surface area contributed by atoms with Crippen molar-refractivity contribution >= 4 is 88.5 Å². The first-order valence-corrected chi connectivity index (χ1v) is 38.8. The summed E-state index contributed by atoms with van der Waals surface area (Å²) >= 11 is 0. The monoisotopic (exact) mass is 1620 g/mol. The first-order valence-electron chi connectivity index (χ1n) is 38.8. The van der Waals surface area contributed by atoms with Crippen LogP contribution in [-0.4, -0.2) is 279 Å². The molecule has 5 heterocycles. The predicted molar refractivity (Wildman–Crippen MR) is 417 cm³/mol. The molecule has 5 aliphatic rings. The molecule has 5 aliphatic heterocycles. The lowest BCUT2D eigenvalue weighted by atomic mass is 10.0. The number of methoxy groups -OCH3 is 2. The Morgan fingerprint density at radius 3 is 1.66 bits per heavy atom. The van der Waals surface area contributed by atoms with Crippen LogP contribution in [0.2, 0.25) is 0 Å². The zero-order chi connectivity index (χ0) is 83.5. The summed E-state index contributed by atoms with van der Waals surface area (Å²) < 4.78 is 73.3. The molecule has 0 saturated carbocycles. The number of carbonyl (C=O) groups is 11. The van der Waals surface area contributed by atoms with Crippen molar-refractivity contribution in [2.45, 2.75) is 135 Å². The van der Waals surface area contributed by atoms with Gasteiger partial charge in [-0.15, -0.1) is 0 Å². The molecule has 36 nitrogen and oxygen atoms in total. The molecule has 8 rings (SSSR count). The van der Waals surface area contributed by atoms with E-state index >= 15 is 0 Å². The van der Waals surface area contributed by atoms with Crippen LogP contribution in [0.15, 0.2) is 89.2 Å². The summed E-state index contributed by atoms with van der Waals surface area (Å²) in [6.07, 6.45) is 7.16. The van der Waals surface area contributed by atoms with E-state index in [-0.39, 0.29) is 132 Å². The average molecular weight is 1630 g/mol. The van der Waals surface area contributed by atoms with Gasteiger partial charge in [0.1, 0.15) is 24.7 Å². The summed E-state index contributed by atoms with van der Waals surface area (Å²) in [6, 6.07) is 7.96. The van der Waals surface area contributed by atoms with Crippen LogP contribution in [0.25, 0.3) is 0 Å². The molecule has 116 heavy (non-hydrogen) atoms. The summed E-state index contributed by atoms with van der Waals surface area (Å²) in [5.74, 6) is -4.89. The van der Waals surface area contributed by atoms with Gasteiger partial charge in [-0.25, -0.2) is 14.5 Å². The Labute approximate surface area is 673 Å². The van der Waals surface area contributed by atoms with Gasteiger partial charge in [0.05, 0.1) is 168 Å². The van der Waals surface area contributed by atoms with Crippen molar-refractivity contribution in [3.05, 3.63) is 101 Å². The van der Waals surface area contributed by atoms with Gasteiger partial charge >= 0.3 is 12.1 Å². The van der Waals surface area contributed by atoms with E-state index in [0.717, 1.165) is 20.9 Å². The molecule has 36 heteroatoms. The number of unbranched alkanes of at least 4 members (excludes halogenated alkanes) is 2. The molecule has 3 aromatic rings. The van der Waals surface area contributed by atoms with E-state index in [9.17, 15) is 63.0 Å². The number of aliphatic hydroxyl groups excluding tert-OH is 1. The molecule has 6 atom stereocenters.